The summed E-state index contributed by atoms with van der Waals surface area (Å²) in [4.78, 5) is 6.91. The van der Waals surface area contributed by atoms with E-state index in [9.17, 15) is 13.2 Å². The third-order valence-electron chi connectivity index (χ3n) is 3.46. The second kappa shape index (κ2) is 3.86. The van der Waals surface area contributed by atoms with Crippen LogP contribution in [0.25, 0.3) is 11.3 Å². The molecule has 0 spiro atoms. The van der Waals surface area contributed by atoms with Crippen LogP contribution >= 0.6 is 0 Å². The van der Waals surface area contributed by atoms with Crippen molar-refractivity contribution in [2.75, 3.05) is 0 Å². The molecule has 0 radical (unpaired) electrons. The predicted molar refractivity (Wildman–Crippen MR) is 60.9 cm³/mol. The second-order valence-electron chi connectivity index (χ2n) is 4.59. The van der Waals surface area contributed by atoms with E-state index in [0.29, 0.717) is 29.8 Å². The fourth-order valence-corrected chi connectivity index (χ4v) is 2.21. The summed E-state index contributed by atoms with van der Waals surface area (Å²) in [7, 11) is 0. The van der Waals surface area contributed by atoms with E-state index in [1.165, 1.54) is 18.5 Å². The molecule has 0 saturated heterocycles. The van der Waals surface area contributed by atoms with Crippen molar-refractivity contribution in [1.29, 1.82) is 0 Å². The summed E-state index contributed by atoms with van der Waals surface area (Å²) in [6, 6.07) is 5.71. The van der Waals surface area contributed by atoms with Gasteiger partial charge in [-0.3, -0.25) is 0 Å². The minimum atomic E-state index is -2.41. The van der Waals surface area contributed by atoms with Crippen LogP contribution in [0, 0.1) is 5.82 Å². The molecule has 94 valence electrons. The minimum Gasteiger partial charge on any atom is -0.347 e. The predicted octanol–water partition coefficient (Wildman–Crippen LogP) is 3.51. The van der Waals surface area contributed by atoms with Gasteiger partial charge in [-0.05, 0) is 37.1 Å². The minimum absolute atomic E-state index is 0.356. The second-order valence-corrected chi connectivity index (χ2v) is 4.59. The zero-order valence-electron chi connectivity index (χ0n) is 9.46. The maximum absolute atomic E-state index is 13.1. The van der Waals surface area contributed by atoms with Gasteiger partial charge < -0.3 is 4.98 Å². The van der Waals surface area contributed by atoms with Crippen LogP contribution in [-0.4, -0.2) is 16.4 Å². The molecule has 2 aromatic rings. The Morgan fingerprint density at radius 1 is 1.17 bits per heavy atom. The molecule has 18 heavy (non-hydrogen) atoms. The molecule has 1 aromatic heterocycles. The van der Waals surface area contributed by atoms with Gasteiger partial charge in [-0.1, -0.05) is 0 Å². The number of nitrogens with zero attached hydrogens (tertiary/aromatic N) is 1. The largest absolute Gasteiger partial charge is 0.347 e. The van der Waals surface area contributed by atoms with Crippen LogP contribution in [0.2, 0.25) is 0 Å². The van der Waals surface area contributed by atoms with E-state index in [4.69, 9.17) is 0 Å². The molecule has 1 saturated carbocycles. The van der Waals surface area contributed by atoms with Gasteiger partial charge in [-0.15, -0.1) is 0 Å². The van der Waals surface area contributed by atoms with Gasteiger partial charge >= 0.3 is 0 Å². The van der Waals surface area contributed by atoms with E-state index in [0.717, 1.165) is 0 Å². The molecule has 0 atom stereocenters. The fraction of sp³-hybridized carbons (Fsp3) is 0.308. The lowest BCUT2D eigenvalue weighted by atomic mass is 9.98. The van der Waals surface area contributed by atoms with Crippen molar-refractivity contribution >= 4 is 0 Å². The lowest BCUT2D eigenvalue weighted by Crippen LogP contribution is -2.18. The van der Waals surface area contributed by atoms with Gasteiger partial charge in [0.15, 0.2) is 0 Å². The number of hydrogen-bond acceptors (Lipinski definition) is 1. The SMILES string of the molecule is Fc1ccc(-c2nc[nH]c2C2(C(F)F)CC2)cc1. The van der Waals surface area contributed by atoms with Gasteiger partial charge in [0.05, 0.1) is 23.1 Å². The van der Waals surface area contributed by atoms with Crippen molar-refractivity contribution in [3.63, 3.8) is 0 Å². The number of hydrogen-bond donors (Lipinski definition) is 1. The summed E-state index contributed by atoms with van der Waals surface area (Å²) in [6.07, 6.45) is -0.0735. The van der Waals surface area contributed by atoms with Crippen molar-refractivity contribution < 1.29 is 13.2 Å². The van der Waals surface area contributed by atoms with Crippen LogP contribution in [0.15, 0.2) is 30.6 Å². The van der Waals surface area contributed by atoms with E-state index >= 15 is 0 Å². The van der Waals surface area contributed by atoms with E-state index < -0.39 is 11.8 Å². The lowest BCUT2D eigenvalue weighted by molar-refractivity contribution is 0.100. The molecule has 1 aliphatic carbocycles. The van der Waals surface area contributed by atoms with Crippen molar-refractivity contribution in [2.24, 2.45) is 0 Å². The fourth-order valence-electron chi connectivity index (χ4n) is 2.21. The summed E-state index contributed by atoms with van der Waals surface area (Å²) in [5.41, 5.74) is 0.525. The lowest BCUT2D eigenvalue weighted by Gasteiger charge is -2.14. The summed E-state index contributed by atoms with van der Waals surface area (Å²) in [5, 5.41) is 0. The number of benzene rings is 1. The highest BCUT2D eigenvalue weighted by Gasteiger charge is 2.54. The van der Waals surface area contributed by atoms with Gasteiger partial charge in [-0.25, -0.2) is 18.2 Å². The number of aromatic amines is 1. The number of alkyl halides is 2. The van der Waals surface area contributed by atoms with Gasteiger partial charge in [0.25, 0.3) is 0 Å². The monoisotopic (exact) mass is 252 g/mol. The molecule has 1 N–H and O–H groups in total. The quantitative estimate of drug-likeness (QED) is 0.889. The Bertz CT molecular complexity index is 556. The molecule has 1 heterocycles. The van der Waals surface area contributed by atoms with Crippen LogP contribution in [-0.2, 0) is 5.41 Å². The average molecular weight is 252 g/mol. The number of rotatable bonds is 3. The Hall–Kier alpha value is -1.78. The number of halogens is 3. The van der Waals surface area contributed by atoms with Crippen LogP contribution in [0.1, 0.15) is 18.5 Å². The smallest absolute Gasteiger partial charge is 0.249 e. The molecule has 2 nitrogen and oxygen atoms in total. The van der Waals surface area contributed by atoms with Gasteiger partial charge in [0, 0.05) is 5.56 Å². The number of nitrogens with one attached hydrogen (secondary N) is 1. The molecule has 1 aromatic carbocycles. The third-order valence-corrected chi connectivity index (χ3v) is 3.46. The van der Waals surface area contributed by atoms with E-state index in [2.05, 4.69) is 9.97 Å². The number of imidazole rings is 1. The standard InChI is InChI=1S/C13H11F3N2/c14-9-3-1-8(2-4-9)10-11(18-7-17-10)13(5-6-13)12(15)16/h1-4,7,12H,5-6H2,(H,17,18). The zero-order valence-corrected chi connectivity index (χ0v) is 9.46. The summed E-state index contributed by atoms with van der Waals surface area (Å²) < 4.78 is 39.0. The molecule has 0 unspecified atom stereocenters. The Morgan fingerprint density at radius 3 is 2.39 bits per heavy atom. The first kappa shape index (κ1) is 11.3. The zero-order chi connectivity index (χ0) is 12.8. The van der Waals surface area contributed by atoms with E-state index in [1.807, 2.05) is 0 Å². The molecule has 5 heteroatoms. The van der Waals surface area contributed by atoms with Crippen molar-refractivity contribution in [1.82, 2.24) is 9.97 Å². The molecular formula is C13H11F3N2. The molecule has 0 bridgehead atoms. The van der Waals surface area contributed by atoms with E-state index in [-0.39, 0.29) is 5.82 Å². The Kier molecular flexibility index (Phi) is 2.43. The van der Waals surface area contributed by atoms with Crippen LogP contribution < -0.4 is 0 Å². The number of aromatic nitrogens is 2. The van der Waals surface area contributed by atoms with Gasteiger partial charge in [0.1, 0.15) is 5.82 Å². The highest BCUT2D eigenvalue weighted by atomic mass is 19.3. The maximum atomic E-state index is 13.1. The average Bonchev–Trinajstić information content (AvgIpc) is 3.03. The molecule has 1 fully saturated rings. The number of H-pyrrole nitrogens is 1. The highest BCUT2D eigenvalue weighted by molar-refractivity contribution is 5.64. The third kappa shape index (κ3) is 1.62. The summed E-state index contributed by atoms with van der Waals surface area (Å²) in [6.45, 7) is 0. The highest BCUT2D eigenvalue weighted by Crippen LogP contribution is 2.54. The molecule has 3 rings (SSSR count). The molecule has 1 aliphatic rings. The first-order valence-electron chi connectivity index (χ1n) is 5.71. The topological polar surface area (TPSA) is 28.7 Å². The van der Waals surface area contributed by atoms with E-state index in [1.54, 1.807) is 12.1 Å². The maximum Gasteiger partial charge on any atom is 0.249 e. The van der Waals surface area contributed by atoms with Gasteiger partial charge in [-0.2, -0.15) is 0 Å². The van der Waals surface area contributed by atoms with Crippen LogP contribution in [0.3, 0.4) is 0 Å². The first-order valence-corrected chi connectivity index (χ1v) is 5.71. The first-order chi connectivity index (χ1) is 8.63. The molecular weight excluding hydrogens is 241 g/mol. The van der Waals surface area contributed by atoms with Crippen molar-refractivity contribution in [2.45, 2.75) is 24.7 Å². The normalized spacial score (nSPS) is 17.1. The van der Waals surface area contributed by atoms with Crippen molar-refractivity contribution in [3.8, 4) is 11.3 Å². The van der Waals surface area contributed by atoms with Crippen molar-refractivity contribution in [3.05, 3.63) is 42.1 Å². The Labute approximate surface area is 102 Å². The van der Waals surface area contributed by atoms with Crippen LogP contribution in [0.5, 0.6) is 0 Å². The van der Waals surface area contributed by atoms with Crippen LogP contribution in [0.4, 0.5) is 13.2 Å². The van der Waals surface area contributed by atoms with Gasteiger partial charge in [0.2, 0.25) is 6.43 Å². The molecule has 0 amide bonds. The summed E-state index contributed by atoms with van der Waals surface area (Å²) in [5.74, 6) is -0.356. The Balaban J connectivity index is 2.05. The molecule has 0 aliphatic heterocycles. The summed E-state index contributed by atoms with van der Waals surface area (Å²) >= 11 is 0. The Morgan fingerprint density at radius 2 is 1.83 bits per heavy atom.